The number of carboxylic acid groups (broad SMARTS) is 1. The lowest BCUT2D eigenvalue weighted by molar-refractivity contribution is -0.140. The van der Waals surface area contributed by atoms with Gasteiger partial charge in [-0.2, -0.15) is 13.2 Å². The maximum Gasteiger partial charge on any atom is 0.434 e. The van der Waals surface area contributed by atoms with Gasteiger partial charge in [0.15, 0.2) is 5.69 Å². The van der Waals surface area contributed by atoms with Gasteiger partial charge in [0.05, 0.1) is 5.52 Å². The zero-order chi connectivity index (χ0) is 30.1. The number of halogens is 4. The predicted octanol–water partition coefficient (Wildman–Crippen LogP) is 6.23. The summed E-state index contributed by atoms with van der Waals surface area (Å²) in [7, 11) is 0. The molecule has 0 saturated heterocycles. The number of aromatic nitrogens is 3. The molecule has 4 rings (SSSR count). The molecule has 4 aromatic rings. The van der Waals surface area contributed by atoms with Crippen LogP contribution in [0.1, 0.15) is 43.2 Å². The minimum absolute atomic E-state index is 0.0115. The molecule has 41 heavy (non-hydrogen) atoms. The van der Waals surface area contributed by atoms with Crippen LogP contribution in [0.3, 0.4) is 0 Å². The third kappa shape index (κ3) is 6.21. The van der Waals surface area contributed by atoms with E-state index in [1.165, 1.54) is 22.9 Å². The van der Waals surface area contributed by atoms with Crippen molar-refractivity contribution in [3.05, 3.63) is 63.3 Å². The van der Waals surface area contributed by atoms with Gasteiger partial charge in [0.1, 0.15) is 22.2 Å². The lowest BCUT2D eigenvalue weighted by Crippen LogP contribution is -2.28. The van der Waals surface area contributed by atoms with E-state index in [0.29, 0.717) is 24.4 Å². The van der Waals surface area contributed by atoms with Crippen LogP contribution in [-0.2, 0) is 12.7 Å². The van der Waals surface area contributed by atoms with E-state index in [1.54, 1.807) is 6.92 Å². The van der Waals surface area contributed by atoms with Crippen LogP contribution >= 0.6 is 11.3 Å². The highest BCUT2D eigenvalue weighted by Crippen LogP contribution is 2.39. The molecular weight excluding hydrogens is 566 g/mol. The van der Waals surface area contributed by atoms with Crippen molar-refractivity contribution >= 4 is 40.1 Å². The second-order valence-electron chi connectivity index (χ2n) is 9.33. The molecule has 0 saturated carbocycles. The number of alkyl halides is 3. The topological polar surface area (TPSA) is 126 Å². The standard InChI is InChI=1S/C27H25F4N5O4S/c1-4-13(3)10-36-11-18(25(38)39)23(37)16-6-14(19(28)8-20(16)36)17-9-33-22(35-26(40)32-5-2)7-15(17)24-34-21(12-41-24)27(29,30)31/h6-9,11-13H,4-5,10H2,1-3H3,(H,38,39)(H2,32,33,35,40). The average Bonchev–Trinajstić information content (AvgIpc) is 3.41. The van der Waals surface area contributed by atoms with Gasteiger partial charge in [-0.1, -0.05) is 20.3 Å². The van der Waals surface area contributed by atoms with Crippen molar-refractivity contribution in [2.24, 2.45) is 5.92 Å². The highest BCUT2D eigenvalue weighted by atomic mass is 32.1. The number of benzene rings is 1. The van der Waals surface area contributed by atoms with Gasteiger partial charge in [-0.25, -0.2) is 23.9 Å². The molecule has 3 heterocycles. The number of carbonyl (C=O) groups is 2. The highest BCUT2D eigenvalue weighted by molar-refractivity contribution is 7.13. The van der Waals surface area contributed by atoms with Crippen molar-refractivity contribution in [2.75, 3.05) is 11.9 Å². The summed E-state index contributed by atoms with van der Waals surface area (Å²) in [5.41, 5.74) is -2.54. The molecule has 0 bridgehead atoms. The van der Waals surface area contributed by atoms with Crippen molar-refractivity contribution in [3.63, 3.8) is 0 Å². The number of hydrogen-bond donors (Lipinski definition) is 3. The van der Waals surface area contributed by atoms with Crippen LogP contribution in [0.5, 0.6) is 0 Å². The summed E-state index contributed by atoms with van der Waals surface area (Å²) >= 11 is 0.654. The number of carbonyl (C=O) groups excluding carboxylic acids is 1. The summed E-state index contributed by atoms with van der Waals surface area (Å²) in [6.45, 7) is 6.16. The summed E-state index contributed by atoms with van der Waals surface area (Å²) in [4.78, 5) is 44.8. The second-order valence-corrected chi connectivity index (χ2v) is 10.2. The zero-order valence-corrected chi connectivity index (χ0v) is 22.9. The quantitative estimate of drug-likeness (QED) is 0.209. The van der Waals surface area contributed by atoms with Gasteiger partial charge in [-0.15, -0.1) is 11.3 Å². The molecule has 1 atom stereocenters. The van der Waals surface area contributed by atoms with E-state index in [1.807, 2.05) is 13.8 Å². The molecule has 1 aromatic carbocycles. The minimum atomic E-state index is -4.73. The van der Waals surface area contributed by atoms with E-state index in [-0.39, 0.29) is 44.3 Å². The van der Waals surface area contributed by atoms with Crippen molar-refractivity contribution in [3.8, 4) is 21.7 Å². The average molecular weight is 592 g/mol. The molecule has 0 aliphatic heterocycles. The lowest BCUT2D eigenvalue weighted by atomic mass is 9.98. The van der Waals surface area contributed by atoms with Crippen LogP contribution in [0.25, 0.3) is 32.6 Å². The van der Waals surface area contributed by atoms with Gasteiger partial charge >= 0.3 is 18.2 Å². The monoisotopic (exact) mass is 591 g/mol. The van der Waals surface area contributed by atoms with Crippen LogP contribution in [0, 0.1) is 11.7 Å². The van der Waals surface area contributed by atoms with E-state index >= 15 is 4.39 Å². The van der Waals surface area contributed by atoms with Crippen molar-refractivity contribution in [1.29, 1.82) is 0 Å². The van der Waals surface area contributed by atoms with Gasteiger partial charge < -0.3 is 15.0 Å². The fraction of sp³-hybridized carbons (Fsp3) is 0.296. The fourth-order valence-electron chi connectivity index (χ4n) is 4.15. The number of pyridine rings is 2. The Morgan fingerprint density at radius 3 is 2.49 bits per heavy atom. The predicted molar refractivity (Wildman–Crippen MR) is 147 cm³/mol. The third-order valence-corrected chi connectivity index (χ3v) is 7.28. The Bertz CT molecular complexity index is 1700. The van der Waals surface area contributed by atoms with E-state index in [0.717, 1.165) is 24.1 Å². The zero-order valence-electron chi connectivity index (χ0n) is 22.1. The first-order valence-corrected chi connectivity index (χ1v) is 13.4. The molecule has 1 unspecified atom stereocenters. The first kappa shape index (κ1) is 29.6. The van der Waals surface area contributed by atoms with Gasteiger partial charge in [-0.3, -0.25) is 10.1 Å². The van der Waals surface area contributed by atoms with E-state index in [2.05, 4.69) is 20.6 Å². The molecule has 0 fully saturated rings. The second kappa shape index (κ2) is 11.6. The Labute approximate surface area is 234 Å². The van der Waals surface area contributed by atoms with Crippen LogP contribution in [0.15, 0.2) is 40.8 Å². The molecule has 0 spiro atoms. The molecule has 0 aliphatic carbocycles. The number of nitrogens with zero attached hydrogens (tertiary/aromatic N) is 3. The smallest absolute Gasteiger partial charge is 0.434 e. The lowest BCUT2D eigenvalue weighted by Gasteiger charge is -2.18. The van der Waals surface area contributed by atoms with Crippen LogP contribution in [0.2, 0.25) is 0 Å². The van der Waals surface area contributed by atoms with Crippen molar-refractivity contribution < 1.29 is 32.3 Å². The Balaban J connectivity index is 1.97. The van der Waals surface area contributed by atoms with Gasteiger partial charge in [0.25, 0.3) is 0 Å². The minimum Gasteiger partial charge on any atom is -0.477 e. The number of carboxylic acids is 1. The number of aromatic carboxylic acids is 1. The summed E-state index contributed by atoms with van der Waals surface area (Å²) < 4.78 is 57.3. The molecular formula is C27H25F4N5O4S. The molecule has 0 aliphatic rings. The van der Waals surface area contributed by atoms with Crippen LogP contribution in [-0.4, -0.2) is 38.2 Å². The van der Waals surface area contributed by atoms with Gasteiger partial charge in [0.2, 0.25) is 5.43 Å². The van der Waals surface area contributed by atoms with E-state index in [9.17, 15) is 32.7 Å². The van der Waals surface area contributed by atoms with Gasteiger partial charge in [0, 0.05) is 52.9 Å². The normalized spacial score (nSPS) is 12.4. The van der Waals surface area contributed by atoms with E-state index in [4.69, 9.17) is 0 Å². The Morgan fingerprint density at radius 1 is 1.15 bits per heavy atom. The van der Waals surface area contributed by atoms with Crippen molar-refractivity contribution in [1.82, 2.24) is 19.9 Å². The van der Waals surface area contributed by atoms with Gasteiger partial charge in [-0.05, 0) is 31.0 Å². The third-order valence-electron chi connectivity index (χ3n) is 6.40. The molecule has 0 radical (unpaired) electrons. The largest absolute Gasteiger partial charge is 0.477 e. The molecule has 3 N–H and O–H groups in total. The SMILES string of the molecule is CCNC(=O)Nc1cc(-c2nc(C(F)(F)F)cs2)c(-c2cc3c(=O)c(C(=O)O)cn(CC(C)CC)c3cc2F)cn1. The maximum absolute atomic E-state index is 15.8. The molecule has 2 amide bonds. The molecule has 14 heteroatoms. The first-order valence-electron chi connectivity index (χ1n) is 12.5. The van der Waals surface area contributed by atoms with Crippen LogP contribution < -0.4 is 16.1 Å². The number of thiazole rings is 1. The maximum atomic E-state index is 15.8. The fourth-order valence-corrected chi connectivity index (χ4v) is 5.01. The number of anilines is 1. The summed E-state index contributed by atoms with van der Waals surface area (Å²) in [6.07, 6.45) is -1.65. The number of fused-ring (bicyclic) bond motifs is 1. The first-order chi connectivity index (χ1) is 19.3. The Hall–Kier alpha value is -4.33. The Morgan fingerprint density at radius 2 is 1.88 bits per heavy atom. The van der Waals surface area contributed by atoms with Crippen LogP contribution in [0.4, 0.5) is 28.2 Å². The van der Waals surface area contributed by atoms with E-state index < -0.39 is 40.7 Å². The number of nitrogens with one attached hydrogen (secondary N) is 2. The number of amides is 2. The summed E-state index contributed by atoms with van der Waals surface area (Å²) in [5, 5.41) is 15.2. The summed E-state index contributed by atoms with van der Waals surface area (Å²) in [6, 6.07) is 2.90. The number of rotatable bonds is 8. The molecule has 3 aromatic heterocycles. The molecule has 9 nitrogen and oxygen atoms in total. The molecule has 216 valence electrons. The highest BCUT2D eigenvalue weighted by Gasteiger charge is 2.34. The Kier molecular flexibility index (Phi) is 8.42. The number of hydrogen-bond acceptors (Lipinski definition) is 6. The van der Waals surface area contributed by atoms with Crippen molar-refractivity contribution in [2.45, 2.75) is 39.9 Å². The summed E-state index contributed by atoms with van der Waals surface area (Å²) in [5.74, 6) is -2.23. The number of urea groups is 1.